The van der Waals surface area contributed by atoms with Crippen LogP contribution in [0.3, 0.4) is 0 Å². The van der Waals surface area contributed by atoms with Crippen molar-refractivity contribution in [3.05, 3.63) is 118 Å². The number of para-hydroxylation sites is 1. The number of esters is 1. The Labute approximate surface area is 250 Å². The second kappa shape index (κ2) is 13.0. The normalized spacial score (nSPS) is 15.9. The molecule has 9 heteroatoms. The lowest BCUT2D eigenvalue weighted by Crippen LogP contribution is -2.38. The van der Waals surface area contributed by atoms with Crippen LogP contribution in [-0.2, 0) is 27.5 Å². The van der Waals surface area contributed by atoms with E-state index in [0.29, 0.717) is 40.0 Å². The van der Waals surface area contributed by atoms with Gasteiger partial charge in [0, 0.05) is 24.9 Å². The number of amides is 1. The highest BCUT2D eigenvalue weighted by atomic mass is 32.2. The van der Waals surface area contributed by atoms with Gasteiger partial charge < -0.3 is 24.0 Å². The van der Waals surface area contributed by atoms with Gasteiger partial charge in [0.15, 0.2) is 16.7 Å². The molecule has 8 nitrogen and oxygen atoms in total. The number of rotatable bonds is 10. The number of amidine groups is 1. The van der Waals surface area contributed by atoms with Gasteiger partial charge in [-0.2, -0.15) is 0 Å². The first kappa shape index (κ1) is 29.0. The summed E-state index contributed by atoms with van der Waals surface area (Å²) in [5, 5.41) is 2.61. The Morgan fingerprint density at radius 2 is 1.62 bits per heavy atom. The molecule has 1 unspecified atom stereocenters. The Morgan fingerprint density at radius 1 is 0.929 bits per heavy atom. The first-order valence-electron chi connectivity index (χ1n) is 13.6. The number of thioether (sulfide) groups is 1. The maximum atomic E-state index is 13.8. The van der Waals surface area contributed by atoms with Gasteiger partial charge in [0.25, 0.3) is 0 Å². The molecule has 0 aliphatic carbocycles. The predicted molar refractivity (Wildman–Crippen MR) is 164 cm³/mol. The monoisotopic (exact) mass is 583 g/mol. The van der Waals surface area contributed by atoms with E-state index < -0.39 is 12.0 Å². The molecule has 5 rings (SSSR count). The summed E-state index contributed by atoms with van der Waals surface area (Å²) >= 11 is 1.43. The van der Waals surface area contributed by atoms with Gasteiger partial charge in [-0.3, -0.25) is 4.79 Å². The minimum atomic E-state index is -0.653. The zero-order valence-electron chi connectivity index (χ0n) is 24.1. The number of allylic oxidation sites excluding steroid dienone is 1. The van der Waals surface area contributed by atoms with Crippen molar-refractivity contribution in [2.24, 2.45) is 4.99 Å². The van der Waals surface area contributed by atoms with Crippen LogP contribution in [0.15, 0.2) is 106 Å². The van der Waals surface area contributed by atoms with Crippen molar-refractivity contribution < 1.29 is 23.8 Å². The summed E-state index contributed by atoms with van der Waals surface area (Å²) in [6, 6.07) is 24.3. The Morgan fingerprint density at radius 3 is 2.29 bits per heavy atom. The van der Waals surface area contributed by atoms with E-state index in [1.807, 2.05) is 89.2 Å². The van der Waals surface area contributed by atoms with Crippen molar-refractivity contribution in [1.29, 1.82) is 0 Å². The highest BCUT2D eigenvalue weighted by Gasteiger charge is 2.43. The maximum absolute atomic E-state index is 13.8. The van der Waals surface area contributed by atoms with E-state index in [0.717, 1.165) is 16.8 Å². The quantitative estimate of drug-likeness (QED) is 0.268. The van der Waals surface area contributed by atoms with E-state index in [-0.39, 0.29) is 18.9 Å². The lowest BCUT2D eigenvalue weighted by Gasteiger charge is -2.37. The molecule has 0 saturated carbocycles. The molecule has 3 aromatic carbocycles. The number of carbonyl (C=O) groups is 2. The van der Waals surface area contributed by atoms with Crippen molar-refractivity contribution in [2.45, 2.75) is 32.5 Å². The van der Waals surface area contributed by atoms with E-state index >= 15 is 0 Å². The molecule has 42 heavy (non-hydrogen) atoms. The van der Waals surface area contributed by atoms with Gasteiger partial charge in [-0.1, -0.05) is 84.6 Å². The van der Waals surface area contributed by atoms with Crippen LogP contribution in [0.4, 0.5) is 0 Å². The minimum absolute atomic E-state index is 0.0530. The molecule has 0 bridgehead atoms. The molecule has 0 radical (unpaired) electrons. The number of carbonyl (C=O) groups excluding carboxylic acids is 2. The maximum Gasteiger partial charge on any atom is 0.338 e. The lowest BCUT2D eigenvalue weighted by atomic mass is 9.92. The van der Waals surface area contributed by atoms with E-state index in [2.05, 4.69) is 0 Å². The second-order valence-electron chi connectivity index (χ2n) is 9.95. The fourth-order valence-corrected chi connectivity index (χ4v) is 6.05. The van der Waals surface area contributed by atoms with Gasteiger partial charge in [0.2, 0.25) is 5.91 Å². The fraction of sp³-hybridized carbons (Fsp3) is 0.242. The molecule has 216 valence electrons. The standard InChI is InChI=1S/C33H33N3O5S/c1-22-29(32(38)41-20-24-14-9-6-10-15-24)30(26-16-11-17-27(39-3)31(26)40-4)36-25(21-42-33(36)34-22)18-28(37)35(2)19-23-12-7-5-8-13-23/h5-17,21,30H,18-20H2,1-4H3. The highest BCUT2D eigenvalue weighted by Crippen LogP contribution is 2.48. The van der Waals surface area contributed by atoms with Crippen LogP contribution >= 0.6 is 11.8 Å². The minimum Gasteiger partial charge on any atom is -0.493 e. The number of fused-ring (bicyclic) bond motifs is 1. The summed E-state index contributed by atoms with van der Waals surface area (Å²) in [5.41, 5.74) is 4.28. The Kier molecular flexibility index (Phi) is 8.97. The highest BCUT2D eigenvalue weighted by molar-refractivity contribution is 8.16. The first-order valence-corrected chi connectivity index (χ1v) is 14.4. The second-order valence-corrected chi connectivity index (χ2v) is 10.8. The summed E-state index contributed by atoms with van der Waals surface area (Å²) in [5.74, 6) is 0.488. The smallest absolute Gasteiger partial charge is 0.338 e. The number of ether oxygens (including phenoxy) is 3. The van der Waals surface area contributed by atoms with Gasteiger partial charge in [-0.15, -0.1) is 0 Å². The first-order chi connectivity index (χ1) is 20.4. The number of hydrogen-bond donors (Lipinski definition) is 0. The zero-order valence-corrected chi connectivity index (χ0v) is 24.9. The number of aliphatic imine (C=N–C) groups is 1. The van der Waals surface area contributed by atoms with Gasteiger partial charge in [0.05, 0.1) is 38.0 Å². The number of benzene rings is 3. The van der Waals surface area contributed by atoms with Crippen molar-refractivity contribution in [3.8, 4) is 11.5 Å². The lowest BCUT2D eigenvalue weighted by molar-refractivity contribution is -0.141. The molecule has 0 N–H and O–H groups in total. The molecule has 2 heterocycles. The molecule has 3 aromatic rings. The summed E-state index contributed by atoms with van der Waals surface area (Å²) < 4.78 is 17.2. The zero-order chi connectivity index (χ0) is 29.6. The van der Waals surface area contributed by atoms with Gasteiger partial charge >= 0.3 is 5.97 Å². The van der Waals surface area contributed by atoms with E-state index in [9.17, 15) is 9.59 Å². The van der Waals surface area contributed by atoms with Crippen molar-refractivity contribution in [1.82, 2.24) is 9.80 Å². The van der Waals surface area contributed by atoms with Crippen molar-refractivity contribution in [3.63, 3.8) is 0 Å². The molecule has 0 saturated heterocycles. The van der Waals surface area contributed by atoms with Crippen LogP contribution in [0.1, 0.15) is 36.1 Å². The molecular formula is C33H33N3O5S. The Balaban J connectivity index is 1.49. The topological polar surface area (TPSA) is 80.7 Å². The van der Waals surface area contributed by atoms with Crippen LogP contribution in [0.2, 0.25) is 0 Å². The average molecular weight is 584 g/mol. The largest absolute Gasteiger partial charge is 0.493 e. The van der Waals surface area contributed by atoms with Crippen LogP contribution < -0.4 is 9.47 Å². The fourth-order valence-electron chi connectivity index (χ4n) is 5.09. The Bertz CT molecular complexity index is 1550. The number of hydrogen-bond acceptors (Lipinski definition) is 8. The van der Waals surface area contributed by atoms with Gasteiger partial charge in [-0.25, -0.2) is 9.79 Å². The van der Waals surface area contributed by atoms with E-state index in [4.69, 9.17) is 19.2 Å². The van der Waals surface area contributed by atoms with Gasteiger partial charge in [0.1, 0.15) is 6.61 Å². The van der Waals surface area contributed by atoms with Crippen LogP contribution in [0, 0.1) is 0 Å². The van der Waals surface area contributed by atoms with Crippen molar-refractivity contribution in [2.75, 3.05) is 21.3 Å². The third kappa shape index (κ3) is 6.06. The predicted octanol–water partition coefficient (Wildman–Crippen LogP) is 6.07. The van der Waals surface area contributed by atoms with Gasteiger partial charge in [-0.05, 0) is 29.5 Å². The summed E-state index contributed by atoms with van der Waals surface area (Å²) in [4.78, 5) is 35.7. The molecule has 0 aromatic heterocycles. The third-order valence-corrected chi connectivity index (χ3v) is 8.07. The summed E-state index contributed by atoms with van der Waals surface area (Å²) in [7, 11) is 4.94. The van der Waals surface area contributed by atoms with Crippen molar-refractivity contribution >= 4 is 28.8 Å². The molecule has 1 amide bonds. The molecule has 1 atom stereocenters. The molecule has 2 aliphatic heterocycles. The summed E-state index contributed by atoms with van der Waals surface area (Å²) in [6.07, 6.45) is 0.129. The van der Waals surface area contributed by atoms with Crippen LogP contribution in [0.25, 0.3) is 0 Å². The van der Waals surface area contributed by atoms with E-state index in [1.165, 1.54) is 11.8 Å². The number of nitrogens with zero attached hydrogens (tertiary/aromatic N) is 3. The van der Waals surface area contributed by atoms with E-state index in [1.54, 1.807) is 33.1 Å². The molecular weight excluding hydrogens is 550 g/mol. The summed E-state index contributed by atoms with van der Waals surface area (Å²) in [6.45, 7) is 2.42. The van der Waals surface area contributed by atoms with Crippen LogP contribution in [-0.4, -0.2) is 48.1 Å². The molecule has 2 aliphatic rings. The average Bonchev–Trinajstić information content (AvgIpc) is 3.41. The Hall–Kier alpha value is -4.50. The van der Waals surface area contributed by atoms with Crippen LogP contribution in [0.5, 0.6) is 11.5 Å². The molecule has 0 spiro atoms. The third-order valence-electron chi connectivity index (χ3n) is 7.18. The SMILES string of the molecule is COc1cccc(C2C(C(=O)OCc3ccccc3)=C(C)N=C3SC=C(CC(=O)N(C)Cc4ccccc4)N32)c1OC. The molecule has 0 fully saturated rings. The number of methoxy groups -OCH3 is 2.